The van der Waals surface area contributed by atoms with Crippen molar-refractivity contribution in [2.45, 2.75) is 19.6 Å². The molecule has 1 saturated heterocycles. The third kappa shape index (κ3) is 2.17. The highest BCUT2D eigenvalue weighted by Crippen LogP contribution is 2.30. The molecule has 5 nitrogen and oxygen atoms in total. The predicted octanol–water partition coefficient (Wildman–Crippen LogP) is 2.86. The van der Waals surface area contributed by atoms with Crippen LogP contribution in [0.15, 0.2) is 24.5 Å². The predicted molar refractivity (Wildman–Crippen MR) is 69.3 cm³/mol. The highest BCUT2D eigenvalue weighted by atomic mass is 19.1. The van der Waals surface area contributed by atoms with Crippen molar-refractivity contribution in [3.05, 3.63) is 35.8 Å². The first kappa shape index (κ1) is 12.8. The number of cyclic esters (lactones) is 1. The van der Waals surface area contributed by atoms with Crippen molar-refractivity contribution in [2.24, 2.45) is 0 Å². The van der Waals surface area contributed by atoms with Gasteiger partial charge in [-0.1, -0.05) is 6.92 Å². The normalized spacial score (nSPS) is 21.3. The van der Waals surface area contributed by atoms with Crippen LogP contribution >= 0.6 is 0 Å². The summed E-state index contributed by atoms with van der Waals surface area (Å²) in [6.45, 7) is 2.67. The molecule has 1 aromatic carbocycles. The molecule has 0 N–H and O–H groups in total. The first-order valence-electron chi connectivity index (χ1n) is 6.45. The summed E-state index contributed by atoms with van der Waals surface area (Å²) in [6.07, 6.45) is 1.27. The second-order valence-electron chi connectivity index (χ2n) is 4.50. The van der Waals surface area contributed by atoms with Gasteiger partial charge in [0.1, 0.15) is 18.7 Å². The molecule has 0 radical (unpaired) electrons. The van der Waals surface area contributed by atoms with Gasteiger partial charge in [-0.05, 0) is 18.2 Å². The average Bonchev–Trinajstić information content (AvgIpc) is 3.07. The first-order chi connectivity index (χ1) is 9.69. The van der Waals surface area contributed by atoms with Gasteiger partial charge in [0, 0.05) is 6.42 Å². The minimum atomic E-state index is -0.464. The molecular weight excluding hydrogens is 265 g/mol. The Morgan fingerprint density at radius 3 is 2.90 bits per heavy atom. The van der Waals surface area contributed by atoms with Crippen molar-refractivity contribution in [3.63, 3.8) is 0 Å². The van der Waals surface area contributed by atoms with Crippen LogP contribution in [0.1, 0.15) is 18.9 Å². The fourth-order valence-electron chi connectivity index (χ4n) is 2.14. The number of benzene rings is 1. The largest absolute Gasteiger partial charge is 0.459 e. The summed E-state index contributed by atoms with van der Waals surface area (Å²) in [5.74, 6) is -0.0984. The monoisotopic (exact) mass is 279 g/mol. The molecular formula is C14H14FNO4. The van der Waals surface area contributed by atoms with Gasteiger partial charge in [0.25, 0.3) is 0 Å². The van der Waals surface area contributed by atoms with E-state index >= 15 is 0 Å². The molecule has 0 bridgehead atoms. The maximum Gasteiger partial charge on any atom is 0.414 e. The maximum absolute atomic E-state index is 14.2. The molecule has 1 unspecified atom stereocenters. The lowest BCUT2D eigenvalue weighted by Gasteiger charge is -2.14. The molecule has 0 aliphatic carbocycles. The molecule has 106 valence electrons. The van der Waals surface area contributed by atoms with Gasteiger partial charge in [0.15, 0.2) is 5.76 Å². The number of rotatable bonds is 3. The molecule has 6 heteroatoms. The second-order valence-corrected chi connectivity index (χ2v) is 4.50. The van der Waals surface area contributed by atoms with Crippen LogP contribution in [0.5, 0.6) is 0 Å². The Hall–Kier alpha value is -2.24. The third-order valence-corrected chi connectivity index (χ3v) is 3.21. The molecule has 1 atom stereocenters. The van der Waals surface area contributed by atoms with Gasteiger partial charge in [-0.15, -0.1) is 0 Å². The Balaban J connectivity index is 1.83. The Morgan fingerprint density at radius 2 is 2.30 bits per heavy atom. The Kier molecular flexibility index (Phi) is 3.22. The molecule has 20 heavy (non-hydrogen) atoms. The highest BCUT2D eigenvalue weighted by molar-refractivity contribution is 5.89. The van der Waals surface area contributed by atoms with Crippen LogP contribution < -0.4 is 4.90 Å². The van der Waals surface area contributed by atoms with E-state index in [4.69, 9.17) is 14.2 Å². The number of hydrogen-bond donors (Lipinski definition) is 0. The lowest BCUT2D eigenvalue weighted by Crippen LogP contribution is -2.23. The van der Waals surface area contributed by atoms with Gasteiger partial charge in [-0.2, -0.15) is 0 Å². The number of nitrogens with zero attached hydrogens (tertiary/aromatic N) is 1. The summed E-state index contributed by atoms with van der Waals surface area (Å²) < 4.78 is 29.7. The molecule has 1 fully saturated rings. The molecule has 0 spiro atoms. The van der Waals surface area contributed by atoms with E-state index in [0.717, 1.165) is 0 Å². The lowest BCUT2D eigenvalue weighted by atomic mass is 10.1. The van der Waals surface area contributed by atoms with Gasteiger partial charge in [-0.3, -0.25) is 4.90 Å². The van der Waals surface area contributed by atoms with Gasteiger partial charge in [-0.25, -0.2) is 9.18 Å². The Labute approximate surface area is 115 Å². The maximum atomic E-state index is 14.2. The molecule has 2 aliphatic rings. The minimum absolute atomic E-state index is 0.317. The van der Waals surface area contributed by atoms with Crippen molar-refractivity contribution in [1.29, 1.82) is 0 Å². The number of hydrogen-bond acceptors (Lipinski definition) is 4. The van der Waals surface area contributed by atoms with Crippen molar-refractivity contribution >= 4 is 17.5 Å². The zero-order valence-electron chi connectivity index (χ0n) is 11.0. The number of carbonyl (C=O) groups excluding carboxylic acids is 1. The molecule has 1 amide bonds. The van der Waals surface area contributed by atoms with Crippen LogP contribution in [0.2, 0.25) is 0 Å². The van der Waals surface area contributed by atoms with Crippen LogP contribution in [-0.2, 0) is 14.2 Å². The second kappa shape index (κ2) is 5.03. The molecule has 3 rings (SSSR count). The van der Waals surface area contributed by atoms with Gasteiger partial charge in [0.05, 0.1) is 17.8 Å². The summed E-state index contributed by atoms with van der Waals surface area (Å²) in [7, 11) is 0. The standard InChI is InChI=1S/C14H14FNO4/c1-2-13-19-8-12(20-13)10-4-3-9(7-11(10)15)16-5-6-18-14(16)17/h3-4,7-8,13H,2,5-6H2,1H3. The molecule has 0 saturated carbocycles. The number of anilines is 1. The topological polar surface area (TPSA) is 48.0 Å². The van der Waals surface area contributed by atoms with E-state index in [-0.39, 0.29) is 6.29 Å². The number of halogens is 1. The van der Waals surface area contributed by atoms with Crippen LogP contribution in [-0.4, -0.2) is 25.5 Å². The average molecular weight is 279 g/mol. The van der Waals surface area contributed by atoms with E-state index in [0.29, 0.717) is 36.6 Å². The third-order valence-electron chi connectivity index (χ3n) is 3.21. The number of ether oxygens (including phenoxy) is 3. The molecule has 2 heterocycles. The summed E-state index contributed by atoms with van der Waals surface area (Å²) >= 11 is 0. The Morgan fingerprint density at radius 1 is 1.45 bits per heavy atom. The summed E-state index contributed by atoms with van der Waals surface area (Å²) in [5.41, 5.74) is 0.789. The SMILES string of the molecule is CCC1OC=C(c2ccc(N3CCOC3=O)cc2F)O1. The fraction of sp³-hybridized carbons (Fsp3) is 0.357. The summed E-state index contributed by atoms with van der Waals surface area (Å²) in [4.78, 5) is 12.8. The lowest BCUT2D eigenvalue weighted by molar-refractivity contribution is -0.0169. The molecule has 0 aromatic heterocycles. The van der Waals surface area contributed by atoms with Gasteiger partial charge < -0.3 is 14.2 Å². The quantitative estimate of drug-likeness (QED) is 0.853. The molecule has 2 aliphatic heterocycles. The fourth-order valence-corrected chi connectivity index (χ4v) is 2.14. The van der Waals surface area contributed by atoms with Gasteiger partial charge >= 0.3 is 6.09 Å². The smallest absolute Gasteiger partial charge is 0.414 e. The van der Waals surface area contributed by atoms with Crippen LogP contribution in [0.4, 0.5) is 14.9 Å². The van der Waals surface area contributed by atoms with E-state index in [1.165, 1.54) is 17.2 Å². The van der Waals surface area contributed by atoms with Crippen LogP contribution in [0.25, 0.3) is 5.76 Å². The zero-order valence-corrected chi connectivity index (χ0v) is 11.0. The van der Waals surface area contributed by atoms with Gasteiger partial charge in [0.2, 0.25) is 6.29 Å². The Bertz CT molecular complexity index is 572. The van der Waals surface area contributed by atoms with Crippen molar-refractivity contribution in [1.82, 2.24) is 0 Å². The van der Waals surface area contributed by atoms with E-state index in [9.17, 15) is 9.18 Å². The number of carbonyl (C=O) groups is 1. The van der Waals surface area contributed by atoms with Crippen molar-refractivity contribution < 1.29 is 23.4 Å². The van der Waals surface area contributed by atoms with Crippen LogP contribution in [0.3, 0.4) is 0 Å². The van der Waals surface area contributed by atoms with E-state index in [2.05, 4.69) is 0 Å². The van der Waals surface area contributed by atoms with E-state index < -0.39 is 11.9 Å². The van der Waals surface area contributed by atoms with E-state index in [1.54, 1.807) is 12.1 Å². The number of amides is 1. The highest BCUT2D eigenvalue weighted by Gasteiger charge is 2.26. The summed E-state index contributed by atoms with van der Waals surface area (Å²) in [6, 6.07) is 4.53. The van der Waals surface area contributed by atoms with Crippen LogP contribution in [0, 0.1) is 5.82 Å². The minimum Gasteiger partial charge on any atom is -0.459 e. The first-order valence-corrected chi connectivity index (χ1v) is 6.45. The zero-order chi connectivity index (χ0) is 14.1. The van der Waals surface area contributed by atoms with Crippen molar-refractivity contribution in [3.8, 4) is 0 Å². The van der Waals surface area contributed by atoms with Crippen molar-refractivity contribution in [2.75, 3.05) is 18.1 Å². The van der Waals surface area contributed by atoms with E-state index in [1.807, 2.05) is 6.92 Å². The summed E-state index contributed by atoms with van der Waals surface area (Å²) in [5, 5.41) is 0. The molecule has 1 aromatic rings.